The molecular formula is C20H27N5O3S. The lowest BCUT2D eigenvalue weighted by molar-refractivity contribution is -0.119. The van der Waals surface area contributed by atoms with Gasteiger partial charge < -0.3 is 5.32 Å². The lowest BCUT2D eigenvalue weighted by Gasteiger charge is -2.10. The maximum absolute atomic E-state index is 12.1. The zero-order valence-corrected chi connectivity index (χ0v) is 18.0. The monoisotopic (exact) mass is 417 g/mol. The van der Waals surface area contributed by atoms with Crippen molar-refractivity contribution in [1.29, 1.82) is 0 Å². The molecule has 0 spiro atoms. The number of hydrazone groups is 1. The summed E-state index contributed by atoms with van der Waals surface area (Å²) in [7, 11) is -2.99. The average molecular weight is 418 g/mol. The smallest absolute Gasteiger partial charge is 0.259 e. The lowest BCUT2D eigenvalue weighted by atomic mass is 10.1. The minimum atomic E-state index is -2.99. The zero-order valence-electron chi connectivity index (χ0n) is 17.2. The van der Waals surface area contributed by atoms with E-state index in [-0.39, 0.29) is 30.0 Å². The van der Waals surface area contributed by atoms with Crippen LogP contribution in [0.4, 0.5) is 5.69 Å². The van der Waals surface area contributed by atoms with E-state index < -0.39 is 9.84 Å². The highest BCUT2D eigenvalue weighted by Gasteiger charge is 2.31. The van der Waals surface area contributed by atoms with Gasteiger partial charge in [0, 0.05) is 16.9 Å². The SMILES string of the molecule is Cc1ccc(NCC(=O)N/N=C\c2c(C)nn([C@H]3CCS(=O)(=O)C3)c2C)c(C)c1. The molecule has 9 heteroatoms. The van der Waals surface area contributed by atoms with Gasteiger partial charge in [-0.05, 0) is 45.7 Å². The van der Waals surface area contributed by atoms with E-state index in [0.717, 1.165) is 28.2 Å². The number of hydrogen-bond acceptors (Lipinski definition) is 6. The molecule has 8 nitrogen and oxygen atoms in total. The Kier molecular flexibility index (Phi) is 6.07. The van der Waals surface area contributed by atoms with Crippen LogP contribution in [0.2, 0.25) is 0 Å². The maximum atomic E-state index is 12.1. The Morgan fingerprint density at radius 2 is 2.07 bits per heavy atom. The molecule has 29 heavy (non-hydrogen) atoms. The summed E-state index contributed by atoms with van der Waals surface area (Å²) in [6.07, 6.45) is 2.13. The number of aryl methyl sites for hydroxylation is 3. The molecule has 1 aliphatic rings. The van der Waals surface area contributed by atoms with E-state index in [1.54, 1.807) is 10.9 Å². The van der Waals surface area contributed by atoms with Crippen molar-refractivity contribution in [1.82, 2.24) is 15.2 Å². The Bertz CT molecular complexity index is 1060. The summed E-state index contributed by atoms with van der Waals surface area (Å²) in [5.74, 6) is 0.0563. The first-order valence-corrected chi connectivity index (χ1v) is 11.4. The Morgan fingerprint density at radius 3 is 2.72 bits per heavy atom. The van der Waals surface area contributed by atoms with Crippen LogP contribution in [0.5, 0.6) is 0 Å². The van der Waals surface area contributed by atoms with Crippen LogP contribution >= 0.6 is 0 Å². The number of sulfone groups is 1. The summed E-state index contributed by atoms with van der Waals surface area (Å²) in [5.41, 5.74) is 8.05. The van der Waals surface area contributed by atoms with Crippen molar-refractivity contribution in [2.75, 3.05) is 23.4 Å². The first kappa shape index (κ1) is 21.0. The molecule has 0 saturated carbocycles. The number of amides is 1. The van der Waals surface area contributed by atoms with Gasteiger partial charge in [0.15, 0.2) is 9.84 Å². The number of benzene rings is 1. The molecule has 3 rings (SSSR count). The molecule has 1 atom stereocenters. The van der Waals surface area contributed by atoms with E-state index in [4.69, 9.17) is 0 Å². The Labute approximate surface area is 171 Å². The molecule has 1 saturated heterocycles. The fraction of sp³-hybridized carbons (Fsp3) is 0.450. The second kappa shape index (κ2) is 8.36. The lowest BCUT2D eigenvalue weighted by Crippen LogP contribution is -2.26. The summed E-state index contributed by atoms with van der Waals surface area (Å²) in [5, 5.41) is 11.6. The molecule has 1 aromatic heterocycles. The molecule has 0 radical (unpaired) electrons. The van der Waals surface area contributed by atoms with Crippen LogP contribution in [0.25, 0.3) is 0 Å². The minimum absolute atomic E-state index is 0.110. The standard InChI is InChI=1S/C20H27N5O3S/c1-13-5-6-19(14(2)9-13)21-11-20(26)23-22-10-18-15(3)24-25(16(18)4)17-7-8-29(27,28)12-17/h5-6,9-10,17,21H,7-8,11-12H2,1-4H3,(H,23,26)/b22-10-/t17-/m0/s1. The van der Waals surface area contributed by atoms with Crippen molar-refractivity contribution in [2.24, 2.45) is 5.10 Å². The van der Waals surface area contributed by atoms with Crippen LogP contribution in [-0.2, 0) is 14.6 Å². The van der Waals surface area contributed by atoms with Crippen LogP contribution < -0.4 is 10.7 Å². The fourth-order valence-electron chi connectivity index (χ4n) is 3.58. The molecule has 0 unspecified atom stereocenters. The third-order valence-corrected chi connectivity index (χ3v) is 6.89. The van der Waals surface area contributed by atoms with E-state index in [2.05, 4.69) is 27.0 Å². The van der Waals surface area contributed by atoms with E-state index in [9.17, 15) is 13.2 Å². The van der Waals surface area contributed by atoms with Gasteiger partial charge in [0.05, 0.1) is 36.0 Å². The molecule has 1 fully saturated rings. The van der Waals surface area contributed by atoms with E-state index >= 15 is 0 Å². The van der Waals surface area contributed by atoms with Gasteiger partial charge in [0.1, 0.15) is 0 Å². The van der Waals surface area contributed by atoms with Gasteiger partial charge in [-0.2, -0.15) is 10.2 Å². The molecule has 1 aromatic carbocycles. The number of anilines is 1. The van der Waals surface area contributed by atoms with Crippen LogP contribution in [0, 0.1) is 27.7 Å². The van der Waals surface area contributed by atoms with Crippen LogP contribution in [-0.4, -0.2) is 48.4 Å². The number of nitrogens with zero attached hydrogens (tertiary/aromatic N) is 3. The molecule has 0 bridgehead atoms. The topological polar surface area (TPSA) is 105 Å². The highest BCUT2D eigenvalue weighted by atomic mass is 32.2. The van der Waals surface area contributed by atoms with Gasteiger partial charge in [-0.15, -0.1) is 0 Å². The quantitative estimate of drug-likeness (QED) is 0.553. The zero-order chi connectivity index (χ0) is 21.2. The second-order valence-electron chi connectivity index (χ2n) is 7.55. The molecule has 0 aliphatic carbocycles. The van der Waals surface area contributed by atoms with Gasteiger partial charge in [-0.25, -0.2) is 13.8 Å². The Morgan fingerprint density at radius 1 is 1.31 bits per heavy atom. The molecule has 2 N–H and O–H groups in total. The molecule has 1 aliphatic heterocycles. The largest absolute Gasteiger partial charge is 0.376 e. The molecule has 156 valence electrons. The van der Waals surface area contributed by atoms with Crippen molar-refractivity contribution in [3.63, 3.8) is 0 Å². The molecule has 2 aromatic rings. The van der Waals surface area contributed by atoms with Gasteiger partial charge in [-0.1, -0.05) is 17.7 Å². The van der Waals surface area contributed by atoms with Crippen molar-refractivity contribution in [2.45, 2.75) is 40.2 Å². The number of nitrogens with one attached hydrogen (secondary N) is 2. The molecule has 2 heterocycles. The van der Waals surface area contributed by atoms with E-state index in [0.29, 0.717) is 6.42 Å². The van der Waals surface area contributed by atoms with Crippen molar-refractivity contribution < 1.29 is 13.2 Å². The number of carbonyl (C=O) groups is 1. The van der Waals surface area contributed by atoms with Crippen molar-refractivity contribution >= 4 is 27.6 Å². The van der Waals surface area contributed by atoms with E-state index in [1.165, 1.54) is 5.56 Å². The predicted octanol–water partition coefficient (Wildman–Crippen LogP) is 2.04. The molecular weight excluding hydrogens is 390 g/mol. The first-order valence-electron chi connectivity index (χ1n) is 9.55. The summed E-state index contributed by atoms with van der Waals surface area (Å²) in [6, 6.07) is 5.85. The highest BCUT2D eigenvalue weighted by molar-refractivity contribution is 7.91. The van der Waals surface area contributed by atoms with Gasteiger partial charge in [0.2, 0.25) is 0 Å². The third kappa shape index (κ3) is 5.03. The van der Waals surface area contributed by atoms with Gasteiger partial charge in [-0.3, -0.25) is 9.48 Å². The van der Waals surface area contributed by atoms with Crippen LogP contribution in [0.1, 0.15) is 40.5 Å². The average Bonchev–Trinajstić information content (AvgIpc) is 3.14. The van der Waals surface area contributed by atoms with Crippen molar-refractivity contribution in [3.8, 4) is 0 Å². The number of rotatable bonds is 6. The minimum Gasteiger partial charge on any atom is -0.376 e. The summed E-state index contributed by atoms with van der Waals surface area (Å²) in [4.78, 5) is 12.1. The summed E-state index contributed by atoms with van der Waals surface area (Å²) >= 11 is 0. The maximum Gasteiger partial charge on any atom is 0.259 e. The molecule has 1 amide bonds. The number of hydrogen-bond donors (Lipinski definition) is 2. The number of aromatic nitrogens is 2. The number of carbonyl (C=O) groups excluding carboxylic acids is 1. The predicted molar refractivity (Wildman–Crippen MR) is 114 cm³/mol. The third-order valence-electron chi connectivity index (χ3n) is 5.14. The van der Waals surface area contributed by atoms with Gasteiger partial charge in [0.25, 0.3) is 5.91 Å². The summed E-state index contributed by atoms with van der Waals surface area (Å²) < 4.78 is 25.3. The Hall–Kier alpha value is -2.68. The first-order chi connectivity index (χ1) is 13.7. The highest BCUT2D eigenvalue weighted by Crippen LogP contribution is 2.26. The normalized spacial score (nSPS) is 18.3. The fourth-order valence-corrected chi connectivity index (χ4v) is 5.27. The second-order valence-corrected chi connectivity index (χ2v) is 9.78. The Balaban J connectivity index is 1.59. The van der Waals surface area contributed by atoms with Crippen LogP contribution in [0.15, 0.2) is 23.3 Å². The summed E-state index contributed by atoms with van der Waals surface area (Å²) in [6.45, 7) is 7.85. The van der Waals surface area contributed by atoms with Crippen LogP contribution in [0.3, 0.4) is 0 Å². The van der Waals surface area contributed by atoms with Crippen molar-refractivity contribution in [3.05, 3.63) is 46.3 Å². The van der Waals surface area contributed by atoms with Gasteiger partial charge >= 0.3 is 0 Å². The van der Waals surface area contributed by atoms with E-state index in [1.807, 2.05) is 39.8 Å².